The first kappa shape index (κ1) is 24.8. The second-order valence-corrected chi connectivity index (χ2v) is 6.60. The first-order valence-corrected chi connectivity index (χ1v) is 7.54. The van der Waals surface area contributed by atoms with Crippen LogP contribution >= 0.6 is 0 Å². The number of fused-ring (bicyclic) bond motifs is 1. The lowest BCUT2D eigenvalue weighted by Gasteiger charge is -2.39. The van der Waals surface area contributed by atoms with E-state index in [9.17, 15) is 23.5 Å². The minimum Gasteiger partial charge on any atom is -0.479 e. The fourth-order valence-electron chi connectivity index (χ4n) is 2.66. The number of aliphatic carboxylic acids is 2. The predicted molar refractivity (Wildman–Crippen MR) is 87.8 cm³/mol. The molecular formula is C16H23F2NO8. The summed E-state index contributed by atoms with van der Waals surface area (Å²) in [6.07, 6.45) is -4.80. The van der Waals surface area contributed by atoms with E-state index in [4.69, 9.17) is 26.2 Å². The summed E-state index contributed by atoms with van der Waals surface area (Å²) in [6.45, 7) is 3.77. The van der Waals surface area contributed by atoms with Gasteiger partial charge >= 0.3 is 11.9 Å². The van der Waals surface area contributed by atoms with Crippen molar-refractivity contribution in [3.05, 3.63) is 34.9 Å². The molecule has 0 amide bonds. The average molecular weight is 395 g/mol. The van der Waals surface area contributed by atoms with Gasteiger partial charge in [-0.1, -0.05) is 13.8 Å². The van der Waals surface area contributed by atoms with E-state index in [0.29, 0.717) is 17.5 Å². The van der Waals surface area contributed by atoms with Crippen LogP contribution in [0.2, 0.25) is 0 Å². The van der Waals surface area contributed by atoms with Crippen molar-refractivity contribution in [2.75, 3.05) is 0 Å². The Morgan fingerprint density at radius 3 is 1.93 bits per heavy atom. The van der Waals surface area contributed by atoms with Gasteiger partial charge in [0.1, 0.15) is 0 Å². The van der Waals surface area contributed by atoms with Crippen molar-refractivity contribution in [3.8, 4) is 0 Å². The zero-order valence-corrected chi connectivity index (χ0v) is 14.6. The Balaban J connectivity index is 0.000000539. The number of hydrogen-bond donors (Lipinski definition) is 6. The smallest absolute Gasteiger partial charge is 0.335 e. The number of rotatable bonds is 3. The second-order valence-electron chi connectivity index (χ2n) is 6.60. The molecule has 0 aliphatic heterocycles. The number of halogens is 2. The molecule has 27 heavy (non-hydrogen) atoms. The molecule has 0 saturated carbocycles. The molecule has 9 nitrogen and oxygen atoms in total. The van der Waals surface area contributed by atoms with Gasteiger partial charge in [0.2, 0.25) is 0 Å². The third-order valence-corrected chi connectivity index (χ3v) is 4.12. The van der Waals surface area contributed by atoms with Crippen LogP contribution in [0, 0.1) is 11.6 Å². The standard InChI is InChI=1S/C12H15F2NO.C4H6O6.H2O/c1-12(2)5-10(16)11(15)6-3-8(13)9(14)4-7(6)12;5-1(3(7)8)2(6)4(9)10;/h3-4,10-11,16H,5,15H2,1-2H3;1-2,5-6H,(H,7,8)(H,9,10);1H2/t10-,11-;1-,2-;/m10./s1. The predicted octanol–water partition coefficient (Wildman–Crippen LogP) is -0.940. The summed E-state index contributed by atoms with van der Waals surface area (Å²) in [7, 11) is 0. The molecule has 0 unspecified atom stereocenters. The molecule has 0 heterocycles. The summed E-state index contributed by atoms with van der Waals surface area (Å²) in [5.74, 6) is -5.32. The van der Waals surface area contributed by atoms with Crippen molar-refractivity contribution < 1.29 is 49.4 Å². The number of carboxylic acid groups (broad SMARTS) is 2. The zero-order valence-electron chi connectivity index (χ0n) is 14.6. The Kier molecular flexibility index (Phi) is 8.41. The topological polar surface area (TPSA) is 193 Å². The number of nitrogens with two attached hydrogens (primary N) is 1. The van der Waals surface area contributed by atoms with Gasteiger partial charge in [0, 0.05) is 0 Å². The third kappa shape index (κ3) is 5.65. The highest BCUT2D eigenvalue weighted by molar-refractivity contribution is 5.83. The van der Waals surface area contributed by atoms with Crippen molar-refractivity contribution in [1.29, 1.82) is 0 Å². The largest absolute Gasteiger partial charge is 0.479 e. The van der Waals surface area contributed by atoms with E-state index in [1.165, 1.54) is 6.07 Å². The highest BCUT2D eigenvalue weighted by Gasteiger charge is 2.37. The lowest BCUT2D eigenvalue weighted by Crippen LogP contribution is -2.40. The van der Waals surface area contributed by atoms with Crippen molar-refractivity contribution in [1.82, 2.24) is 0 Å². The molecule has 4 atom stereocenters. The number of benzene rings is 1. The van der Waals surface area contributed by atoms with Gasteiger partial charge in [-0.25, -0.2) is 18.4 Å². The number of aliphatic hydroxyl groups excluding tert-OH is 3. The van der Waals surface area contributed by atoms with Crippen LogP contribution in [0.3, 0.4) is 0 Å². The molecule has 1 aliphatic rings. The molecule has 0 fully saturated rings. The fraction of sp³-hybridized carbons (Fsp3) is 0.500. The SMILES string of the molecule is CC1(C)C[C@@H](O)[C@H](N)c2cc(F)c(F)cc21.O.O=C(O)[C@@H](O)[C@H](O)C(=O)O. The minimum atomic E-state index is -2.27. The van der Waals surface area contributed by atoms with Crippen molar-refractivity contribution in [3.63, 3.8) is 0 Å². The average Bonchev–Trinajstić information content (AvgIpc) is 2.53. The van der Waals surface area contributed by atoms with Crippen LogP contribution in [0.4, 0.5) is 8.78 Å². The number of aliphatic hydroxyl groups is 3. The summed E-state index contributed by atoms with van der Waals surface area (Å²) in [5.41, 5.74) is 6.59. The van der Waals surface area contributed by atoms with Gasteiger partial charge in [0.05, 0.1) is 12.1 Å². The van der Waals surface area contributed by atoms with Crippen LogP contribution < -0.4 is 5.73 Å². The van der Waals surface area contributed by atoms with Gasteiger partial charge in [-0.3, -0.25) is 0 Å². The van der Waals surface area contributed by atoms with Crippen LogP contribution in [-0.2, 0) is 15.0 Å². The summed E-state index contributed by atoms with van der Waals surface area (Å²) in [5, 5.41) is 42.3. The van der Waals surface area contributed by atoms with Crippen LogP contribution in [-0.4, -0.2) is 61.3 Å². The van der Waals surface area contributed by atoms with E-state index >= 15 is 0 Å². The van der Waals surface area contributed by atoms with E-state index in [2.05, 4.69) is 0 Å². The lowest BCUT2D eigenvalue weighted by molar-refractivity contribution is -0.165. The highest BCUT2D eigenvalue weighted by Crippen LogP contribution is 2.41. The zero-order chi connectivity index (χ0) is 20.4. The van der Waals surface area contributed by atoms with Crippen LogP contribution in [0.15, 0.2) is 12.1 Å². The Labute approximate surface area is 153 Å². The Morgan fingerprint density at radius 2 is 1.52 bits per heavy atom. The van der Waals surface area contributed by atoms with E-state index in [1.54, 1.807) is 0 Å². The maximum atomic E-state index is 13.2. The van der Waals surface area contributed by atoms with Crippen LogP contribution in [0.25, 0.3) is 0 Å². The normalized spacial score (nSPS) is 22.2. The lowest BCUT2D eigenvalue weighted by atomic mass is 9.70. The van der Waals surface area contributed by atoms with E-state index in [-0.39, 0.29) is 10.9 Å². The van der Waals surface area contributed by atoms with Crippen molar-refractivity contribution >= 4 is 11.9 Å². The summed E-state index contributed by atoms with van der Waals surface area (Å²) < 4.78 is 26.3. The molecule has 11 heteroatoms. The molecule has 0 bridgehead atoms. The Bertz CT molecular complexity index is 679. The molecule has 0 aromatic heterocycles. The quantitative estimate of drug-likeness (QED) is 0.377. The van der Waals surface area contributed by atoms with Gasteiger partial charge in [0.15, 0.2) is 23.8 Å². The van der Waals surface area contributed by atoms with E-state index in [1.807, 2.05) is 13.8 Å². The van der Waals surface area contributed by atoms with E-state index in [0.717, 1.165) is 6.07 Å². The molecule has 0 radical (unpaired) electrons. The third-order valence-electron chi connectivity index (χ3n) is 4.12. The van der Waals surface area contributed by atoms with E-state index < -0.39 is 47.9 Å². The van der Waals surface area contributed by atoms with Gasteiger partial charge in [-0.15, -0.1) is 0 Å². The van der Waals surface area contributed by atoms with Gasteiger partial charge < -0.3 is 36.7 Å². The van der Waals surface area contributed by atoms with Crippen LogP contribution in [0.5, 0.6) is 0 Å². The second kappa shape index (κ2) is 9.15. The minimum absolute atomic E-state index is 0. The number of hydrogen-bond acceptors (Lipinski definition) is 6. The molecule has 1 aromatic rings. The summed E-state index contributed by atoms with van der Waals surface area (Å²) in [4.78, 5) is 19.5. The monoisotopic (exact) mass is 395 g/mol. The molecule has 0 spiro atoms. The van der Waals surface area contributed by atoms with Gasteiger partial charge in [-0.05, 0) is 35.1 Å². The van der Waals surface area contributed by atoms with Crippen molar-refractivity contribution in [2.45, 2.75) is 50.0 Å². The maximum Gasteiger partial charge on any atom is 0.335 e. The summed E-state index contributed by atoms with van der Waals surface area (Å²) in [6, 6.07) is 1.65. The number of carboxylic acids is 2. The molecule has 9 N–H and O–H groups in total. The molecular weight excluding hydrogens is 372 g/mol. The Morgan fingerprint density at radius 1 is 1.11 bits per heavy atom. The number of carbonyl (C=O) groups is 2. The summed E-state index contributed by atoms with van der Waals surface area (Å²) >= 11 is 0. The van der Waals surface area contributed by atoms with Crippen molar-refractivity contribution in [2.24, 2.45) is 5.73 Å². The molecule has 154 valence electrons. The first-order valence-electron chi connectivity index (χ1n) is 7.54. The molecule has 1 aliphatic carbocycles. The highest BCUT2D eigenvalue weighted by atomic mass is 19.2. The first-order chi connectivity index (χ1) is 11.8. The Hall–Kier alpha value is -2.18. The van der Waals surface area contributed by atoms with Gasteiger partial charge in [-0.2, -0.15) is 0 Å². The molecule has 0 saturated heterocycles. The molecule has 2 rings (SSSR count). The fourth-order valence-corrected chi connectivity index (χ4v) is 2.66. The molecule has 1 aromatic carbocycles. The maximum absolute atomic E-state index is 13.2. The van der Waals surface area contributed by atoms with Gasteiger partial charge in [0.25, 0.3) is 0 Å². The van der Waals surface area contributed by atoms with Crippen LogP contribution in [0.1, 0.15) is 37.4 Å².